The number of likely N-dealkylation sites (tertiary alicyclic amines) is 1. The summed E-state index contributed by atoms with van der Waals surface area (Å²) in [6, 6.07) is 7.44. The van der Waals surface area contributed by atoms with E-state index in [1.54, 1.807) is 4.90 Å². The van der Waals surface area contributed by atoms with Gasteiger partial charge in [-0.05, 0) is 19.3 Å². The number of aliphatic imine (C=N–C) groups is 1. The molecule has 0 bridgehead atoms. The van der Waals surface area contributed by atoms with E-state index in [4.69, 9.17) is 12.3 Å². The quantitative estimate of drug-likeness (QED) is 0.631. The number of fused-ring (bicyclic) bond motifs is 1. The fourth-order valence-corrected chi connectivity index (χ4v) is 2.78. The minimum Gasteiger partial charge on any atom is -0.383 e. The minimum atomic E-state index is -0.229. The van der Waals surface area contributed by atoms with Gasteiger partial charge in [-0.25, -0.2) is 9.84 Å². The maximum atomic E-state index is 12.6. The first-order chi connectivity index (χ1) is 10.2. The molecule has 0 aliphatic carbocycles. The predicted octanol–water partition coefficient (Wildman–Crippen LogP) is 2.01. The van der Waals surface area contributed by atoms with Gasteiger partial charge in [0, 0.05) is 24.2 Å². The van der Waals surface area contributed by atoms with E-state index in [9.17, 15) is 4.79 Å². The Labute approximate surface area is 123 Å². The van der Waals surface area contributed by atoms with Gasteiger partial charge < -0.3 is 10.6 Å². The van der Waals surface area contributed by atoms with E-state index in [1.807, 2.05) is 24.3 Å². The molecule has 106 valence electrons. The second-order valence-corrected chi connectivity index (χ2v) is 5.20. The molecular weight excluding hydrogens is 264 g/mol. The summed E-state index contributed by atoms with van der Waals surface area (Å²) >= 11 is 0. The number of rotatable bonds is 1. The number of amidine groups is 1. The van der Waals surface area contributed by atoms with Crippen molar-refractivity contribution in [2.75, 3.05) is 13.1 Å². The van der Waals surface area contributed by atoms with Crippen LogP contribution in [0.2, 0.25) is 0 Å². The van der Waals surface area contributed by atoms with Crippen molar-refractivity contribution < 1.29 is 4.79 Å². The third-order valence-electron chi connectivity index (χ3n) is 3.87. The zero-order chi connectivity index (χ0) is 14.8. The maximum Gasteiger partial charge on any atom is 0.275 e. The molecule has 0 aromatic heterocycles. The summed E-state index contributed by atoms with van der Waals surface area (Å²) in [6.07, 6.45) is 3.13. The van der Waals surface area contributed by atoms with Crippen LogP contribution in [0.4, 0.5) is 0 Å². The zero-order valence-corrected chi connectivity index (χ0v) is 11.7. The molecule has 1 saturated heterocycles. The minimum absolute atomic E-state index is 0.0739. The van der Waals surface area contributed by atoms with Crippen LogP contribution in [0.1, 0.15) is 30.4 Å². The van der Waals surface area contributed by atoms with Crippen molar-refractivity contribution in [3.8, 4) is 0 Å². The molecule has 2 aliphatic heterocycles. The highest BCUT2D eigenvalue weighted by molar-refractivity contribution is 6.14. The maximum absolute atomic E-state index is 12.6. The van der Waals surface area contributed by atoms with Crippen molar-refractivity contribution in [2.45, 2.75) is 19.3 Å². The number of nitrogens with two attached hydrogens (primary N) is 1. The molecule has 1 amide bonds. The molecule has 1 aromatic rings. The third-order valence-corrected chi connectivity index (χ3v) is 3.87. The molecule has 5 heteroatoms. The average Bonchev–Trinajstić information content (AvgIpc) is 2.86. The van der Waals surface area contributed by atoms with Crippen LogP contribution in [0.5, 0.6) is 0 Å². The van der Waals surface area contributed by atoms with Crippen LogP contribution in [0, 0.1) is 6.57 Å². The fraction of sp³-hybridized carbons (Fsp3) is 0.312. The lowest BCUT2D eigenvalue weighted by Crippen LogP contribution is -2.36. The van der Waals surface area contributed by atoms with Gasteiger partial charge in [0.05, 0.1) is 12.3 Å². The van der Waals surface area contributed by atoms with E-state index >= 15 is 0 Å². The molecule has 1 aromatic carbocycles. The molecule has 0 radical (unpaired) electrons. The van der Waals surface area contributed by atoms with Gasteiger partial charge >= 0.3 is 0 Å². The summed E-state index contributed by atoms with van der Waals surface area (Å²) in [5.74, 6) is 0.140. The first-order valence-electron chi connectivity index (χ1n) is 7.07. The molecule has 5 nitrogen and oxygen atoms in total. The van der Waals surface area contributed by atoms with Crippen molar-refractivity contribution in [3.05, 3.63) is 52.5 Å². The molecule has 3 rings (SSSR count). The molecule has 0 unspecified atom stereocenters. The average molecular weight is 280 g/mol. The van der Waals surface area contributed by atoms with E-state index in [0.717, 1.165) is 30.4 Å². The highest BCUT2D eigenvalue weighted by Crippen LogP contribution is 2.31. The van der Waals surface area contributed by atoms with Crippen LogP contribution < -0.4 is 5.73 Å². The van der Waals surface area contributed by atoms with Gasteiger partial charge in [0.25, 0.3) is 11.6 Å². The van der Waals surface area contributed by atoms with Gasteiger partial charge in [-0.2, -0.15) is 0 Å². The molecule has 2 N–H and O–H groups in total. The summed E-state index contributed by atoms with van der Waals surface area (Å²) in [4.78, 5) is 22.0. The first-order valence-corrected chi connectivity index (χ1v) is 7.07. The van der Waals surface area contributed by atoms with Gasteiger partial charge in [-0.3, -0.25) is 4.79 Å². The van der Waals surface area contributed by atoms with E-state index in [2.05, 4.69) is 9.84 Å². The number of carbonyl (C=O) groups is 1. The normalized spacial score (nSPS) is 19.6. The Kier molecular flexibility index (Phi) is 3.44. The largest absolute Gasteiger partial charge is 0.383 e. The van der Waals surface area contributed by atoms with Crippen molar-refractivity contribution >= 4 is 17.4 Å². The van der Waals surface area contributed by atoms with Gasteiger partial charge in [-0.15, -0.1) is 0 Å². The smallest absolute Gasteiger partial charge is 0.275 e. The zero-order valence-electron chi connectivity index (χ0n) is 11.7. The molecular formula is C16H16N4O. The van der Waals surface area contributed by atoms with Gasteiger partial charge in [-0.1, -0.05) is 24.3 Å². The standard InChI is InChI=1S/C16H16N4O/c1-18-14(16(21)20-9-5-2-6-10-20)13-11-7-3-4-8-12(11)15(17)19-13/h3-4,7-8H,2,5-6,9-10H2,(H2,17,19). The second kappa shape index (κ2) is 5.41. The molecule has 0 atom stereocenters. The Bertz CT molecular complexity index is 690. The molecule has 1 fully saturated rings. The van der Waals surface area contributed by atoms with E-state index < -0.39 is 0 Å². The lowest BCUT2D eigenvalue weighted by molar-refractivity contribution is -0.127. The van der Waals surface area contributed by atoms with Crippen LogP contribution in [-0.2, 0) is 4.79 Å². The Morgan fingerprint density at radius 2 is 1.86 bits per heavy atom. The molecule has 2 aliphatic rings. The number of piperidine rings is 1. The van der Waals surface area contributed by atoms with Gasteiger partial charge in [0.15, 0.2) is 0 Å². The molecule has 2 heterocycles. The first kappa shape index (κ1) is 13.4. The van der Waals surface area contributed by atoms with Crippen molar-refractivity contribution in [3.63, 3.8) is 0 Å². The Hall–Kier alpha value is -2.61. The van der Waals surface area contributed by atoms with E-state index in [0.29, 0.717) is 24.6 Å². The number of hydrogen-bond donors (Lipinski definition) is 1. The molecule has 0 spiro atoms. The van der Waals surface area contributed by atoms with E-state index in [1.165, 1.54) is 0 Å². The number of carbonyl (C=O) groups excluding carboxylic acids is 1. The summed E-state index contributed by atoms with van der Waals surface area (Å²) in [7, 11) is 0. The van der Waals surface area contributed by atoms with Crippen LogP contribution in [0.25, 0.3) is 10.5 Å². The fourth-order valence-electron chi connectivity index (χ4n) is 2.78. The summed E-state index contributed by atoms with van der Waals surface area (Å²) < 4.78 is 0. The number of nitrogens with zero attached hydrogens (tertiary/aromatic N) is 3. The summed E-state index contributed by atoms with van der Waals surface area (Å²) in [5, 5.41) is 0. The Morgan fingerprint density at radius 1 is 1.19 bits per heavy atom. The molecule has 21 heavy (non-hydrogen) atoms. The van der Waals surface area contributed by atoms with Gasteiger partial charge in [0.1, 0.15) is 5.84 Å². The number of benzene rings is 1. The second-order valence-electron chi connectivity index (χ2n) is 5.20. The van der Waals surface area contributed by atoms with Crippen LogP contribution in [-0.4, -0.2) is 29.7 Å². The van der Waals surface area contributed by atoms with Crippen LogP contribution in [0.3, 0.4) is 0 Å². The van der Waals surface area contributed by atoms with Crippen molar-refractivity contribution in [2.24, 2.45) is 10.7 Å². The highest BCUT2D eigenvalue weighted by Gasteiger charge is 2.28. The molecule has 0 saturated carbocycles. The van der Waals surface area contributed by atoms with Crippen molar-refractivity contribution in [1.29, 1.82) is 0 Å². The topological polar surface area (TPSA) is 63.0 Å². The monoisotopic (exact) mass is 280 g/mol. The van der Waals surface area contributed by atoms with Crippen LogP contribution in [0.15, 0.2) is 35.0 Å². The van der Waals surface area contributed by atoms with Gasteiger partial charge in [0.2, 0.25) is 0 Å². The third kappa shape index (κ3) is 2.29. The Balaban J connectivity index is 2.04. The number of hydrogen-bond acceptors (Lipinski definition) is 3. The van der Waals surface area contributed by atoms with E-state index in [-0.39, 0.29) is 11.6 Å². The van der Waals surface area contributed by atoms with Crippen molar-refractivity contribution in [1.82, 2.24) is 4.90 Å². The number of amides is 1. The SMILES string of the molecule is [C-]#[N+]C(C(=O)N1CCCCC1)=C1N=C(N)c2ccccc21. The Morgan fingerprint density at radius 3 is 2.52 bits per heavy atom. The lowest BCUT2D eigenvalue weighted by Gasteiger charge is -2.26. The lowest BCUT2D eigenvalue weighted by atomic mass is 10.0. The predicted molar refractivity (Wildman–Crippen MR) is 81.1 cm³/mol. The summed E-state index contributed by atoms with van der Waals surface area (Å²) in [5.41, 5.74) is 7.94. The summed E-state index contributed by atoms with van der Waals surface area (Å²) in [6.45, 7) is 8.82. The highest BCUT2D eigenvalue weighted by atomic mass is 16.2. The van der Waals surface area contributed by atoms with Crippen LogP contribution >= 0.6 is 0 Å².